The van der Waals surface area contributed by atoms with E-state index in [1.165, 1.54) is 11.8 Å². The van der Waals surface area contributed by atoms with Crippen LogP contribution >= 0.6 is 23.4 Å². The molecule has 0 unspecified atom stereocenters. The maximum Gasteiger partial charge on any atom is 0.264 e. The molecule has 2 heterocycles. The van der Waals surface area contributed by atoms with Crippen molar-refractivity contribution in [1.29, 1.82) is 0 Å². The Labute approximate surface area is 182 Å². The van der Waals surface area contributed by atoms with Gasteiger partial charge < -0.3 is 9.73 Å². The van der Waals surface area contributed by atoms with Gasteiger partial charge in [-0.15, -0.1) is 0 Å². The van der Waals surface area contributed by atoms with Crippen molar-refractivity contribution in [3.05, 3.63) is 94.6 Å². The highest BCUT2D eigenvalue weighted by Crippen LogP contribution is 2.33. The Morgan fingerprint density at radius 2 is 1.73 bits per heavy atom. The number of carbonyl (C=O) groups is 1. The average molecular weight is 431 g/mol. The number of amidine groups is 1. The second-order valence-corrected chi connectivity index (χ2v) is 8.10. The fourth-order valence-corrected chi connectivity index (χ4v) is 4.30. The van der Waals surface area contributed by atoms with E-state index in [9.17, 15) is 4.79 Å². The minimum Gasteiger partial charge on any atom is -0.457 e. The van der Waals surface area contributed by atoms with E-state index >= 15 is 0 Å². The fourth-order valence-electron chi connectivity index (χ4n) is 3.26. The number of benzene rings is 3. The molecule has 4 aromatic rings. The summed E-state index contributed by atoms with van der Waals surface area (Å²) >= 11 is 7.53. The molecule has 1 N–H and O–H groups in total. The molecule has 6 heteroatoms. The fraction of sp³-hybridized carbons (Fsp3) is 0. The van der Waals surface area contributed by atoms with E-state index in [-0.39, 0.29) is 5.91 Å². The van der Waals surface area contributed by atoms with Crippen LogP contribution in [0.4, 0.5) is 5.69 Å². The van der Waals surface area contributed by atoms with Gasteiger partial charge in [0.1, 0.15) is 11.5 Å². The smallest absolute Gasteiger partial charge is 0.264 e. The van der Waals surface area contributed by atoms with Crippen LogP contribution in [0.1, 0.15) is 5.76 Å². The molecule has 0 aliphatic carbocycles. The maximum absolute atomic E-state index is 12.4. The summed E-state index contributed by atoms with van der Waals surface area (Å²) in [6, 6.07) is 25.1. The first-order valence-corrected chi connectivity index (χ1v) is 10.5. The van der Waals surface area contributed by atoms with Gasteiger partial charge in [-0.3, -0.25) is 4.79 Å². The Morgan fingerprint density at radius 3 is 2.63 bits per heavy atom. The third-order valence-electron chi connectivity index (χ3n) is 4.68. The summed E-state index contributed by atoms with van der Waals surface area (Å²) < 4.78 is 5.88. The van der Waals surface area contributed by atoms with E-state index in [0.29, 0.717) is 26.6 Å². The molecule has 0 atom stereocenters. The maximum atomic E-state index is 12.4. The van der Waals surface area contributed by atoms with Crippen molar-refractivity contribution in [2.45, 2.75) is 0 Å². The lowest BCUT2D eigenvalue weighted by atomic mass is 10.1. The molecule has 0 saturated carbocycles. The number of hydrogen-bond acceptors (Lipinski definition) is 4. The van der Waals surface area contributed by atoms with Crippen molar-refractivity contribution >= 4 is 57.0 Å². The van der Waals surface area contributed by atoms with Crippen molar-refractivity contribution in [3.8, 4) is 11.3 Å². The van der Waals surface area contributed by atoms with Crippen LogP contribution in [0.5, 0.6) is 0 Å². The highest BCUT2D eigenvalue weighted by molar-refractivity contribution is 8.18. The molecule has 146 valence electrons. The molecule has 3 aromatic carbocycles. The molecule has 30 heavy (non-hydrogen) atoms. The first-order chi connectivity index (χ1) is 14.7. The molecule has 5 rings (SSSR count). The lowest BCUT2D eigenvalue weighted by molar-refractivity contribution is -0.115. The van der Waals surface area contributed by atoms with Crippen molar-refractivity contribution in [2.75, 3.05) is 0 Å². The molecule has 4 nitrogen and oxygen atoms in total. The summed E-state index contributed by atoms with van der Waals surface area (Å²) in [5.41, 5.74) is 1.63. The third-order valence-corrected chi connectivity index (χ3v) is 5.92. The van der Waals surface area contributed by atoms with Crippen LogP contribution in [0, 0.1) is 0 Å². The first-order valence-electron chi connectivity index (χ1n) is 9.29. The standard InChI is InChI=1S/C24H15ClN2O2S/c25-19-10-4-3-9-18(19)21-13-12-16(29-21)14-22-23(28)27-24(30-22)26-20-11-5-7-15-6-1-2-8-17(15)20/h1-14H,(H,26,27,28). The van der Waals surface area contributed by atoms with Gasteiger partial charge in [-0.05, 0) is 47.5 Å². The van der Waals surface area contributed by atoms with E-state index < -0.39 is 0 Å². The Balaban J connectivity index is 1.42. The third kappa shape index (κ3) is 3.65. The Kier molecular flexibility index (Phi) is 4.91. The number of carbonyl (C=O) groups excluding carboxylic acids is 1. The molecule has 0 spiro atoms. The predicted octanol–water partition coefficient (Wildman–Crippen LogP) is 6.64. The predicted molar refractivity (Wildman–Crippen MR) is 124 cm³/mol. The zero-order valence-corrected chi connectivity index (χ0v) is 17.2. The van der Waals surface area contributed by atoms with Crippen molar-refractivity contribution in [2.24, 2.45) is 4.99 Å². The Hall–Kier alpha value is -3.28. The highest BCUT2D eigenvalue weighted by Gasteiger charge is 2.24. The Bertz CT molecular complexity index is 1330. The van der Waals surface area contributed by atoms with Crippen LogP contribution in [-0.2, 0) is 4.79 Å². The molecule has 1 aromatic heterocycles. The summed E-state index contributed by atoms with van der Waals surface area (Å²) in [5.74, 6) is 1.03. The molecule has 1 fully saturated rings. The zero-order valence-electron chi connectivity index (χ0n) is 15.6. The van der Waals surface area contributed by atoms with Crippen LogP contribution in [0.3, 0.4) is 0 Å². The van der Waals surface area contributed by atoms with E-state index in [4.69, 9.17) is 16.0 Å². The summed E-state index contributed by atoms with van der Waals surface area (Å²) in [7, 11) is 0. The average Bonchev–Trinajstić information content (AvgIpc) is 3.35. The number of fused-ring (bicyclic) bond motifs is 1. The monoisotopic (exact) mass is 430 g/mol. The second kappa shape index (κ2) is 7.86. The topological polar surface area (TPSA) is 54.6 Å². The summed E-state index contributed by atoms with van der Waals surface area (Å²) in [6.07, 6.45) is 1.71. The summed E-state index contributed by atoms with van der Waals surface area (Å²) in [6.45, 7) is 0. The van der Waals surface area contributed by atoms with Gasteiger partial charge in [-0.1, -0.05) is 60.1 Å². The number of furan rings is 1. The lowest BCUT2D eigenvalue weighted by Crippen LogP contribution is -2.19. The number of nitrogens with one attached hydrogen (secondary N) is 1. The van der Waals surface area contributed by atoms with E-state index in [2.05, 4.69) is 10.3 Å². The van der Waals surface area contributed by atoms with Gasteiger partial charge in [0.15, 0.2) is 5.17 Å². The molecule has 0 radical (unpaired) electrons. The zero-order chi connectivity index (χ0) is 20.5. The number of rotatable bonds is 3. The van der Waals surface area contributed by atoms with Crippen LogP contribution in [-0.4, -0.2) is 11.1 Å². The van der Waals surface area contributed by atoms with Gasteiger partial charge in [0, 0.05) is 17.0 Å². The Morgan fingerprint density at radius 1 is 0.933 bits per heavy atom. The van der Waals surface area contributed by atoms with Crippen LogP contribution < -0.4 is 5.32 Å². The molecule has 0 bridgehead atoms. The second-order valence-electron chi connectivity index (χ2n) is 6.66. The van der Waals surface area contributed by atoms with Crippen LogP contribution in [0.15, 0.2) is 93.2 Å². The molecule has 1 aliphatic rings. The summed E-state index contributed by atoms with van der Waals surface area (Å²) in [5, 5.41) is 6.13. The van der Waals surface area contributed by atoms with Gasteiger partial charge in [0.2, 0.25) is 0 Å². The SMILES string of the molecule is O=C1NC(=Nc2cccc3ccccc23)SC1=Cc1ccc(-c2ccccc2Cl)o1. The van der Waals surface area contributed by atoms with Crippen molar-refractivity contribution < 1.29 is 9.21 Å². The first kappa shape index (κ1) is 18.7. The number of nitrogens with zero attached hydrogens (tertiary/aromatic N) is 1. The molecule has 1 aliphatic heterocycles. The molecule has 1 saturated heterocycles. The minimum absolute atomic E-state index is 0.199. The lowest BCUT2D eigenvalue weighted by Gasteiger charge is -2.02. The van der Waals surface area contributed by atoms with E-state index in [1.807, 2.05) is 78.9 Å². The number of aliphatic imine (C=N–C) groups is 1. The highest BCUT2D eigenvalue weighted by atomic mass is 35.5. The largest absolute Gasteiger partial charge is 0.457 e. The van der Waals surface area contributed by atoms with Gasteiger partial charge in [0.25, 0.3) is 5.91 Å². The quantitative estimate of drug-likeness (QED) is 0.370. The number of halogens is 1. The van der Waals surface area contributed by atoms with E-state index in [1.54, 1.807) is 6.08 Å². The van der Waals surface area contributed by atoms with Gasteiger partial charge in [0.05, 0.1) is 15.6 Å². The van der Waals surface area contributed by atoms with Crippen LogP contribution in [0.25, 0.3) is 28.2 Å². The van der Waals surface area contributed by atoms with Gasteiger partial charge >= 0.3 is 0 Å². The number of amides is 1. The summed E-state index contributed by atoms with van der Waals surface area (Å²) in [4.78, 5) is 17.6. The van der Waals surface area contributed by atoms with Crippen molar-refractivity contribution in [3.63, 3.8) is 0 Å². The molecular formula is C24H15ClN2O2S. The minimum atomic E-state index is -0.199. The normalized spacial score (nSPS) is 16.5. The van der Waals surface area contributed by atoms with Crippen LogP contribution in [0.2, 0.25) is 5.02 Å². The molecular weight excluding hydrogens is 416 g/mol. The van der Waals surface area contributed by atoms with Gasteiger partial charge in [-0.2, -0.15) is 0 Å². The number of thioether (sulfide) groups is 1. The van der Waals surface area contributed by atoms with Crippen molar-refractivity contribution in [1.82, 2.24) is 5.32 Å². The van der Waals surface area contributed by atoms with Gasteiger partial charge in [-0.25, -0.2) is 4.99 Å². The van der Waals surface area contributed by atoms with E-state index in [0.717, 1.165) is 22.0 Å². The number of hydrogen-bond donors (Lipinski definition) is 1. The molecule has 1 amide bonds.